The fraction of sp³-hybridized carbons (Fsp3) is 1.00. The van der Waals surface area contributed by atoms with Gasteiger partial charge in [-0.05, 0) is 12.8 Å². The van der Waals surface area contributed by atoms with Crippen LogP contribution in [0.15, 0.2) is 0 Å². The van der Waals surface area contributed by atoms with Crippen LogP contribution in [0.2, 0.25) is 0 Å². The molecular weight excluding hydrogens is 751 g/mol. The SMILES string of the molecule is CCCCO[P+]([O][Hg])([O][Hg])OCCCC.CCCCO[PH2+]OCCCC. The molecule has 10 heteroatoms. The van der Waals surface area contributed by atoms with Gasteiger partial charge in [0.2, 0.25) is 0 Å². The summed E-state index contributed by atoms with van der Waals surface area (Å²) in [7, 11) is -2.53. The van der Waals surface area contributed by atoms with Crippen molar-refractivity contribution in [2.24, 2.45) is 0 Å². The quantitative estimate of drug-likeness (QED) is 0.0950. The number of hydrogen-bond acceptors (Lipinski definition) is 6. The van der Waals surface area contributed by atoms with Crippen molar-refractivity contribution >= 4 is 17.2 Å². The summed E-state index contributed by atoms with van der Waals surface area (Å²) in [5, 5.41) is 0. The van der Waals surface area contributed by atoms with Crippen molar-refractivity contribution in [2.75, 3.05) is 26.4 Å². The molecule has 0 rings (SSSR count). The smallest absolute Gasteiger partial charge is 0.212 e. The van der Waals surface area contributed by atoms with Crippen molar-refractivity contribution in [3.05, 3.63) is 0 Å². The maximum absolute atomic E-state index is 5.66. The molecule has 0 aliphatic carbocycles. The van der Waals surface area contributed by atoms with Crippen molar-refractivity contribution in [2.45, 2.75) is 79.1 Å². The summed E-state index contributed by atoms with van der Waals surface area (Å²) < 4.78 is 32.8. The topological polar surface area (TPSA) is 55.4 Å². The van der Waals surface area contributed by atoms with E-state index in [-0.39, 0.29) is 62.2 Å². The Morgan fingerprint density at radius 1 is 0.615 bits per heavy atom. The van der Waals surface area contributed by atoms with Gasteiger partial charge in [-0.3, -0.25) is 0 Å². The van der Waals surface area contributed by atoms with Crippen LogP contribution in [0.4, 0.5) is 0 Å². The molecular formula is C16H38Hg2O6P2+2. The molecule has 0 spiro atoms. The number of unbranched alkanes of at least 4 members (excludes halogenated alkanes) is 4. The Morgan fingerprint density at radius 3 is 1.27 bits per heavy atom. The predicted octanol–water partition coefficient (Wildman–Crippen LogP) is 6.11. The normalized spacial score (nSPS) is 11.4. The molecule has 0 amide bonds. The minimum atomic E-state index is -2.34. The van der Waals surface area contributed by atoms with Gasteiger partial charge in [-0.2, -0.15) is 0 Å². The fourth-order valence-electron chi connectivity index (χ4n) is 1.46. The molecule has 26 heavy (non-hydrogen) atoms. The molecule has 0 unspecified atom stereocenters. The largest absolute Gasteiger partial charge is 0.250 e. The van der Waals surface area contributed by atoms with Gasteiger partial charge in [0.15, 0.2) is 0 Å². The van der Waals surface area contributed by atoms with Crippen LogP contribution in [0.1, 0.15) is 79.1 Å². The molecule has 0 fully saturated rings. The minimum Gasteiger partial charge on any atom is -0.212 e. The van der Waals surface area contributed by atoms with E-state index < -0.39 is 8.17 Å². The zero-order valence-electron chi connectivity index (χ0n) is 17.4. The Kier molecular flexibility index (Phi) is 30.1. The van der Waals surface area contributed by atoms with Crippen molar-refractivity contribution in [3.63, 3.8) is 0 Å². The molecule has 0 radical (unpaired) electrons. The fourth-order valence-corrected chi connectivity index (χ4v) is 15.2. The number of rotatable bonds is 18. The van der Waals surface area contributed by atoms with Gasteiger partial charge in [-0.25, -0.2) is 9.05 Å². The first-order valence-electron chi connectivity index (χ1n) is 9.76. The molecule has 0 bridgehead atoms. The summed E-state index contributed by atoms with van der Waals surface area (Å²) in [5.41, 5.74) is 0. The zero-order chi connectivity index (χ0) is 19.9. The number of hydrogen-bond donors (Lipinski definition) is 0. The van der Waals surface area contributed by atoms with E-state index in [0.717, 1.165) is 51.7 Å². The van der Waals surface area contributed by atoms with Crippen molar-refractivity contribution < 1.29 is 76.1 Å². The van der Waals surface area contributed by atoms with Crippen molar-refractivity contribution in [3.8, 4) is 0 Å². The van der Waals surface area contributed by atoms with Gasteiger partial charge in [-0.1, -0.05) is 26.7 Å². The molecule has 0 saturated heterocycles. The van der Waals surface area contributed by atoms with Crippen LogP contribution in [0, 0.1) is 0 Å². The molecule has 0 aromatic carbocycles. The molecule has 0 aromatic heterocycles. The second kappa shape index (κ2) is 25.5. The minimum absolute atomic E-state index is 0.189. The van der Waals surface area contributed by atoms with Crippen LogP contribution < -0.4 is 0 Å². The first kappa shape index (κ1) is 30.7. The molecule has 0 aliphatic rings. The summed E-state index contributed by atoms with van der Waals surface area (Å²) in [4.78, 5) is 0. The Labute approximate surface area is 197 Å². The molecule has 0 N–H and O–H groups in total. The summed E-state index contributed by atoms with van der Waals surface area (Å²) in [6.45, 7) is 11.7. The van der Waals surface area contributed by atoms with Gasteiger partial charge < -0.3 is 0 Å². The molecule has 0 aromatic rings. The van der Waals surface area contributed by atoms with E-state index >= 15 is 0 Å². The molecule has 0 saturated carbocycles. The molecule has 150 valence electrons. The van der Waals surface area contributed by atoms with E-state index in [4.69, 9.17) is 23.0 Å². The third-order valence-electron chi connectivity index (χ3n) is 3.18. The van der Waals surface area contributed by atoms with Gasteiger partial charge in [0.1, 0.15) is 0 Å². The van der Waals surface area contributed by atoms with E-state index in [2.05, 4.69) is 27.7 Å². The Hall–Kier alpha value is 2.49. The van der Waals surface area contributed by atoms with Gasteiger partial charge in [0, 0.05) is 0 Å². The van der Waals surface area contributed by atoms with Crippen LogP contribution in [0.5, 0.6) is 0 Å². The average Bonchev–Trinajstić information content (AvgIpc) is 2.67. The van der Waals surface area contributed by atoms with E-state index in [1.54, 1.807) is 0 Å². The maximum Gasteiger partial charge on any atom is 0.250 e. The predicted molar refractivity (Wildman–Crippen MR) is 102 cm³/mol. The molecule has 6 nitrogen and oxygen atoms in total. The van der Waals surface area contributed by atoms with Crippen molar-refractivity contribution in [1.29, 1.82) is 0 Å². The first-order valence-corrected chi connectivity index (χ1v) is 16.7. The van der Waals surface area contributed by atoms with Gasteiger partial charge >= 0.3 is 128 Å². The summed E-state index contributed by atoms with van der Waals surface area (Å²) >= 11 is 0.397. The molecule has 0 aliphatic heterocycles. The summed E-state index contributed by atoms with van der Waals surface area (Å²) in [5.74, 6) is 0. The van der Waals surface area contributed by atoms with Crippen LogP contribution in [-0.2, 0) is 76.1 Å². The van der Waals surface area contributed by atoms with Crippen LogP contribution in [0.25, 0.3) is 0 Å². The maximum atomic E-state index is 5.66. The second-order valence-corrected chi connectivity index (χ2v) is 14.4. The van der Waals surface area contributed by atoms with Crippen molar-refractivity contribution in [1.82, 2.24) is 0 Å². The Bertz CT molecular complexity index is 245. The molecule has 0 atom stereocenters. The van der Waals surface area contributed by atoms with Crippen LogP contribution >= 0.6 is 17.2 Å². The zero-order valence-corrected chi connectivity index (χ0v) is 30.4. The van der Waals surface area contributed by atoms with Crippen LogP contribution in [0.3, 0.4) is 0 Å². The second-order valence-electron chi connectivity index (χ2n) is 5.62. The standard InChI is InChI=1S/C8H19O4P.C8H20O2P.2Hg/c1-3-5-7-11-13(9,10)12-8-6-4-2;1-3-5-7-9-11-10-8-6-4-2;;/h3-8H2,1-2H3,(H,9,10);3-8,11H2,1-2H3;;/q;3*+1/p-1. The van der Waals surface area contributed by atoms with Gasteiger partial charge in [0.25, 0.3) is 9.03 Å². The molecule has 0 heterocycles. The Balaban J connectivity index is 0. The van der Waals surface area contributed by atoms with Gasteiger partial charge in [0.05, 0.1) is 13.2 Å². The van der Waals surface area contributed by atoms with E-state index in [9.17, 15) is 0 Å². The van der Waals surface area contributed by atoms with E-state index in [0.29, 0.717) is 13.2 Å². The average molecular weight is 790 g/mol. The Morgan fingerprint density at radius 2 is 0.962 bits per heavy atom. The van der Waals surface area contributed by atoms with E-state index in [1.165, 1.54) is 12.8 Å². The summed E-state index contributed by atoms with van der Waals surface area (Å²) in [6.07, 6.45) is 9.02. The summed E-state index contributed by atoms with van der Waals surface area (Å²) in [6, 6.07) is 0. The third-order valence-corrected chi connectivity index (χ3v) is 12.9. The van der Waals surface area contributed by atoms with E-state index in [1.807, 2.05) is 0 Å². The first-order chi connectivity index (χ1) is 12.7. The van der Waals surface area contributed by atoms with Gasteiger partial charge in [-0.15, -0.1) is 0 Å². The monoisotopic (exact) mass is 792 g/mol. The van der Waals surface area contributed by atoms with Crippen LogP contribution in [-0.4, -0.2) is 26.4 Å². The third kappa shape index (κ3) is 21.2.